The Morgan fingerprint density at radius 2 is 2.16 bits per heavy atom. The van der Waals surface area contributed by atoms with Gasteiger partial charge < -0.3 is 14.7 Å². The number of hydrogen-bond acceptors (Lipinski definition) is 7. The first-order valence-electron chi connectivity index (χ1n) is 5.15. The molecule has 0 saturated heterocycles. The van der Waals surface area contributed by atoms with E-state index in [1.807, 2.05) is 7.05 Å². The molecule has 3 rings (SSSR count). The molecule has 10 heteroatoms. The molecule has 0 aliphatic carbocycles. The molecule has 0 radical (unpaired) electrons. The first-order chi connectivity index (χ1) is 9.16. The van der Waals surface area contributed by atoms with E-state index in [9.17, 15) is 10.1 Å². The molecule has 0 amide bonds. The summed E-state index contributed by atoms with van der Waals surface area (Å²) in [5.74, 6) is -0.251. The lowest BCUT2D eigenvalue weighted by Gasteiger charge is -2.01. The van der Waals surface area contributed by atoms with Gasteiger partial charge in [-0.2, -0.15) is 3.97 Å². The minimum atomic E-state index is -0.547. The number of nitrogens with zero attached hydrogens (tertiary/aromatic N) is 7. The molecule has 0 unspecified atom stereocenters. The van der Waals surface area contributed by atoms with Crippen molar-refractivity contribution in [2.24, 2.45) is 7.05 Å². The molecule has 0 N–H and O–H groups in total. The van der Waals surface area contributed by atoms with E-state index in [4.69, 9.17) is 0 Å². The SMILES string of the molecule is Cn1cnc2ncnc(Sn3ccnc3[N+](=O)[O-])c21. The Bertz CT molecular complexity index is 765. The molecule has 3 heterocycles. The van der Waals surface area contributed by atoms with Gasteiger partial charge in [0, 0.05) is 7.05 Å². The first-order valence-corrected chi connectivity index (χ1v) is 5.92. The van der Waals surface area contributed by atoms with Crippen LogP contribution in [0.2, 0.25) is 0 Å². The van der Waals surface area contributed by atoms with Crippen molar-refractivity contribution in [3.8, 4) is 0 Å². The molecule has 3 aromatic rings. The Hall–Kier alpha value is -2.49. The molecule has 0 aliphatic heterocycles. The molecular weight excluding hydrogens is 270 g/mol. The second-order valence-corrected chi connectivity index (χ2v) is 4.57. The van der Waals surface area contributed by atoms with Gasteiger partial charge in [-0.05, 0) is 4.92 Å². The van der Waals surface area contributed by atoms with Gasteiger partial charge in [-0.15, -0.1) is 0 Å². The van der Waals surface area contributed by atoms with Gasteiger partial charge in [-0.25, -0.2) is 15.0 Å². The molecule has 9 nitrogen and oxygen atoms in total. The third kappa shape index (κ3) is 1.91. The van der Waals surface area contributed by atoms with Crippen LogP contribution in [-0.4, -0.2) is 33.4 Å². The van der Waals surface area contributed by atoms with E-state index in [-0.39, 0.29) is 5.95 Å². The van der Waals surface area contributed by atoms with Gasteiger partial charge in [0.15, 0.2) is 10.7 Å². The van der Waals surface area contributed by atoms with Gasteiger partial charge in [-0.1, -0.05) is 4.98 Å². The van der Waals surface area contributed by atoms with Gasteiger partial charge in [0.25, 0.3) is 0 Å². The summed E-state index contributed by atoms with van der Waals surface area (Å²) in [7, 11) is 1.81. The Morgan fingerprint density at radius 3 is 2.95 bits per heavy atom. The van der Waals surface area contributed by atoms with Gasteiger partial charge in [0.1, 0.15) is 24.2 Å². The fraction of sp³-hybridized carbons (Fsp3) is 0.111. The summed E-state index contributed by atoms with van der Waals surface area (Å²) in [6.45, 7) is 0. The lowest BCUT2D eigenvalue weighted by Crippen LogP contribution is -1.99. The van der Waals surface area contributed by atoms with E-state index < -0.39 is 4.92 Å². The van der Waals surface area contributed by atoms with Crippen LogP contribution in [0.25, 0.3) is 11.2 Å². The van der Waals surface area contributed by atoms with E-state index in [1.165, 1.54) is 22.7 Å². The lowest BCUT2D eigenvalue weighted by atomic mass is 10.5. The number of imidazole rings is 2. The maximum absolute atomic E-state index is 10.8. The van der Waals surface area contributed by atoms with Gasteiger partial charge in [-0.3, -0.25) is 0 Å². The van der Waals surface area contributed by atoms with Crippen molar-refractivity contribution >= 4 is 29.1 Å². The zero-order chi connectivity index (χ0) is 13.4. The number of rotatable bonds is 3. The molecule has 0 bridgehead atoms. The monoisotopic (exact) mass is 277 g/mol. The minimum absolute atomic E-state index is 0.251. The highest BCUT2D eigenvalue weighted by Gasteiger charge is 2.19. The van der Waals surface area contributed by atoms with E-state index in [2.05, 4.69) is 19.9 Å². The van der Waals surface area contributed by atoms with Crippen molar-refractivity contribution in [1.82, 2.24) is 28.5 Å². The van der Waals surface area contributed by atoms with Crippen LogP contribution in [0.3, 0.4) is 0 Å². The van der Waals surface area contributed by atoms with Crippen LogP contribution in [-0.2, 0) is 7.05 Å². The molecule has 0 atom stereocenters. The predicted molar refractivity (Wildman–Crippen MR) is 66.4 cm³/mol. The summed E-state index contributed by atoms with van der Waals surface area (Å²) in [5, 5.41) is 11.4. The quantitative estimate of drug-likeness (QED) is 0.400. The summed E-state index contributed by atoms with van der Waals surface area (Å²) in [5.41, 5.74) is 1.26. The van der Waals surface area contributed by atoms with E-state index in [0.29, 0.717) is 10.7 Å². The zero-order valence-corrected chi connectivity index (χ0v) is 10.5. The highest BCUT2D eigenvalue weighted by atomic mass is 32.2. The zero-order valence-electron chi connectivity index (χ0n) is 9.66. The minimum Gasteiger partial charge on any atom is -0.390 e. The number of nitro groups is 1. The third-order valence-electron chi connectivity index (χ3n) is 2.41. The van der Waals surface area contributed by atoms with Gasteiger partial charge in [0.2, 0.25) is 0 Å². The number of aryl methyl sites for hydroxylation is 1. The van der Waals surface area contributed by atoms with E-state index >= 15 is 0 Å². The highest BCUT2D eigenvalue weighted by molar-refractivity contribution is 7.98. The predicted octanol–water partition coefficient (Wildman–Crippen LogP) is 1.02. The van der Waals surface area contributed by atoms with Crippen LogP contribution in [0.5, 0.6) is 0 Å². The standard InChI is InChI=1S/C9H7N7O2S/c1-14-5-13-7-6(14)8(12-4-11-7)19-15-3-2-10-9(15)16(17)18/h2-5H,1H3. The summed E-state index contributed by atoms with van der Waals surface area (Å²) < 4.78 is 3.11. The van der Waals surface area contributed by atoms with Crippen LogP contribution in [0.1, 0.15) is 0 Å². The van der Waals surface area contributed by atoms with E-state index in [0.717, 1.165) is 17.5 Å². The van der Waals surface area contributed by atoms with Crippen LogP contribution in [0, 0.1) is 10.1 Å². The Morgan fingerprint density at radius 1 is 1.32 bits per heavy atom. The Labute approximate surface area is 110 Å². The fourth-order valence-electron chi connectivity index (χ4n) is 1.60. The largest absolute Gasteiger partial charge is 0.446 e. The van der Waals surface area contributed by atoms with Crippen LogP contribution in [0.4, 0.5) is 5.95 Å². The number of fused-ring (bicyclic) bond motifs is 1. The summed E-state index contributed by atoms with van der Waals surface area (Å²) in [4.78, 5) is 26.2. The molecule has 0 fully saturated rings. The Kier molecular flexibility index (Phi) is 2.63. The van der Waals surface area contributed by atoms with Crippen LogP contribution < -0.4 is 0 Å². The van der Waals surface area contributed by atoms with Crippen molar-refractivity contribution in [3.63, 3.8) is 0 Å². The molecule has 0 aliphatic rings. The fourth-order valence-corrected chi connectivity index (χ4v) is 2.51. The molecule has 0 aromatic carbocycles. The smallest absolute Gasteiger partial charge is 0.390 e. The van der Waals surface area contributed by atoms with Crippen molar-refractivity contribution in [2.75, 3.05) is 0 Å². The maximum atomic E-state index is 10.8. The lowest BCUT2D eigenvalue weighted by molar-refractivity contribution is -0.394. The van der Waals surface area contributed by atoms with Crippen molar-refractivity contribution in [1.29, 1.82) is 0 Å². The maximum Gasteiger partial charge on any atom is 0.446 e. The van der Waals surface area contributed by atoms with E-state index in [1.54, 1.807) is 10.9 Å². The number of hydrogen-bond donors (Lipinski definition) is 0. The Balaban J connectivity index is 2.08. The second-order valence-electron chi connectivity index (χ2n) is 3.61. The molecular formula is C9H7N7O2S. The van der Waals surface area contributed by atoms with Crippen molar-refractivity contribution in [2.45, 2.75) is 5.03 Å². The van der Waals surface area contributed by atoms with Gasteiger partial charge >= 0.3 is 5.95 Å². The second kappa shape index (κ2) is 4.31. The molecule has 3 aromatic heterocycles. The van der Waals surface area contributed by atoms with Crippen LogP contribution >= 0.6 is 11.9 Å². The first kappa shape index (κ1) is 11.6. The molecule has 96 valence electrons. The molecule has 19 heavy (non-hydrogen) atoms. The third-order valence-corrected chi connectivity index (χ3v) is 3.37. The normalized spacial score (nSPS) is 11.0. The van der Waals surface area contributed by atoms with Crippen LogP contribution in [0.15, 0.2) is 30.1 Å². The average Bonchev–Trinajstić information content (AvgIpc) is 2.97. The topological polar surface area (TPSA) is 105 Å². The molecule has 0 saturated carbocycles. The summed E-state index contributed by atoms with van der Waals surface area (Å²) in [6, 6.07) is 0. The summed E-state index contributed by atoms with van der Waals surface area (Å²) >= 11 is 1.10. The molecule has 0 spiro atoms. The number of aromatic nitrogens is 6. The highest BCUT2D eigenvalue weighted by Crippen LogP contribution is 2.27. The van der Waals surface area contributed by atoms with Crippen molar-refractivity contribution in [3.05, 3.63) is 35.2 Å². The average molecular weight is 277 g/mol. The van der Waals surface area contributed by atoms with Crippen molar-refractivity contribution < 1.29 is 4.92 Å². The van der Waals surface area contributed by atoms with Gasteiger partial charge in [0.05, 0.1) is 18.3 Å². The summed E-state index contributed by atoms with van der Waals surface area (Å²) in [6.07, 6.45) is 5.87.